The summed E-state index contributed by atoms with van der Waals surface area (Å²) in [7, 11) is 0. The quantitative estimate of drug-likeness (QED) is 0.742. The monoisotopic (exact) mass is 198 g/mol. The molecule has 72 valence electrons. The molecule has 3 heteroatoms. The average molecular weight is 198 g/mol. The maximum Gasteiger partial charge on any atom is 0.189 e. The highest BCUT2D eigenvalue weighted by molar-refractivity contribution is 7.80. The molecule has 0 aromatic heterocycles. The Balaban J connectivity index is 2.92. The van der Waals surface area contributed by atoms with Gasteiger partial charge in [0.25, 0.3) is 0 Å². The van der Waals surface area contributed by atoms with E-state index < -0.39 is 11.1 Å². The summed E-state index contributed by atoms with van der Waals surface area (Å²) in [6.45, 7) is 4.36. The molecule has 0 radical (unpaired) electrons. The zero-order valence-corrected chi connectivity index (χ0v) is 8.76. The average Bonchev–Trinajstić information content (AvgIpc) is 2.18. The van der Waals surface area contributed by atoms with Gasteiger partial charge in [-0.1, -0.05) is 25.1 Å². The minimum absolute atomic E-state index is 0.477. The van der Waals surface area contributed by atoms with Crippen LogP contribution in [0.3, 0.4) is 0 Å². The minimum atomic E-state index is -1.29. The summed E-state index contributed by atoms with van der Waals surface area (Å²) in [5.41, 5.74) is 1.09. The van der Waals surface area contributed by atoms with Gasteiger partial charge < -0.3 is 0 Å². The standard InChI is InChI=1S/C10H14O2S/c1-3-9-7-5-6-8-10(9)13(11)12-4-2/h5-8H,3-4H2,1-2H3/t13-/m1/s1. The van der Waals surface area contributed by atoms with E-state index in [9.17, 15) is 4.21 Å². The van der Waals surface area contributed by atoms with Crippen LogP contribution in [0.15, 0.2) is 29.2 Å². The number of benzene rings is 1. The topological polar surface area (TPSA) is 26.3 Å². The zero-order chi connectivity index (χ0) is 9.68. The summed E-state index contributed by atoms with van der Waals surface area (Å²) >= 11 is -1.29. The van der Waals surface area contributed by atoms with E-state index in [1.165, 1.54) is 0 Å². The predicted molar refractivity (Wildman–Crippen MR) is 53.9 cm³/mol. The maximum absolute atomic E-state index is 11.5. The lowest BCUT2D eigenvalue weighted by Crippen LogP contribution is -2.00. The van der Waals surface area contributed by atoms with Crippen molar-refractivity contribution < 1.29 is 8.39 Å². The molecule has 0 N–H and O–H groups in total. The summed E-state index contributed by atoms with van der Waals surface area (Å²) in [6, 6.07) is 7.66. The van der Waals surface area contributed by atoms with E-state index in [2.05, 4.69) is 0 Å². The highest BCUT2D eigenvalue weighted by atomic mass is 32.2. The molecular formula is C10H14O2S. The molecule has 0 unspecified atom stereocenters. The first-order valence-electron chi connectivity index (χ1n) is 4.42. The van der Waals surface area contributed by atoms with Crippen molar-refractivity contribution in [3.8, 4) is 0 Å². The molecule has 0 fully saturated rings. The van der Waals surface area contributed by atoms with Crippen molar-refractivity contribution in [1.29, 1.82) is 0 Å². The fourth-order valence-corrected chi connectivity index (χ4v) is 2.09. The van der Waals surface area contributed by atoms with Gasteiger partial charge in [0.1, 0.15) is 0 Å². The molecule has 0 saturated carbocycles. The molecule has 0 bridgehead atoms. The van der Waals surface area contributed by atoms with Gasteiger partial charge in [-0.25, -0.2) is 4.21 Å². The largest absolute Gasteiger partial charge is 0.287 e. The van der Waals surface area contributed by atoms with Crippen LogP contribution < -0.4 is 0 Å². The summed E-state index contributed by atoms with van der Waals surface area (Å²) in [4.78, 5) is 0.798. The fourth-order valence-electron chi connectivity index (χ4n) is 1.13. The van der Waals surface area contributed by atoms with Gasteiger partial charge in [0.15, 0.2) is 11.1 Å². The molecule has 0 aliphatic heterocycles. The normalized spacial score (nSPS) is 12.8. The highest BCUT2D eigenvalue weighted by Gasteiger charge is 2.07. The molecule has 0 aliphatic rings. The number of hydrogen-bond acceptors (Lipinski definition) is 2. The molecule has 1 rings (SSSR count). The van der Waals surface area contributed by atoms with Crippen molar-refractivity contribution in [2.45, 2.75) is 25.2 Å². The summed E-state index contributed by atoms with van der Waals surface area (Å²) in [6.07, 6.45) is 0.884. The van der Waals surface area contributed by atoms with Crippen LogP contribution in [0.25, 0.3) is 0 Å². The fraction of sp³-hybridized carbons (Fsp3) is 0.400. The SMILES string of the molecule is CCO[S@@](=O)c1ccccc1CC. The van der Waals surface area contributed by atoms with E-state index in [0.29, 0.717) is 6.61 Å². The molecule has 1 atom stereocenters. The number of hydrogen-bond donors (Lipinski definition) is 0. The van der Waals surface area contributed by atoms with E-state index in [-0.39, 0.29) is 0 Å². The van der Waals surface area contributed by atoms with Crippen molar-refractivity contribution in [1.82, 2.24) is 0 Å². The minimum Gasteiger partial charge on any atom is -0.287 e. The van der Waals surface area contributed by atoms with E-state index in [0.717, 1.165) is 16.9 Å². The summed E-state index contributed by atoms with van der Waals surface area (Å²) < 4.78 is 16.6. The van der Waals surface area contributed by atoms with Crippen molar-refractivity contribution in [3.63, 3.8) is 0 Å². The lowest BCUT2D eigenvalue weighted by molar-refractivity contribution is 0.371. The van der Waals surface area contributed by atoms with Crippen molar-refractivity contribution >= 4 is 11.1 Å². The number of rotatable bonds is 4. The van der Waals surface area contributed by atoms with Gasteiger partial charge in [-0.15, -0.1) is 0 Å². The van der Waals surface area contributed by atoms with Gasteiger partial charge in [0, 0.05) is 0 Å². The van der Waals surface area contributed by atoms with E-state index in [1.807, 2.05) is 38.1 Å². The van der Waals surface area contributed by atoms with Crippen molar-refractivity contribution in [2.75, 3.05) is 6.61 Å². The molecule has 0 spiro atoms. The first-order valence-corrected chi connectivity index (χ1v) is 5.50. The first-order chi connectivity index (χ1) is 6.29. The Labute approximate surface area is 81.6 Å². The molecule has 0 amide bonds. The second-order valence-electron chi connectivity index (χ2n) is 2.60. The van der Waals surface area contributed by atoms with Gasteiger partial charge in [-0.2, -0.15) is 0 Å². The van der Waals surface area contributed by atoms with Gasteiger partial charge in [-0.05, 0) is 25.0 Å². The molecule has 2 nitrogen and oxygen atoms in total. The zero-order valence-electron chi connectivity index (χ0n) is 7.95. The Morgan fingerprint density at radius 2 is 2.00 bits per heavy atom. The predicted octanol–water partition coefficient (Wildman–Crippen LogP) is 2.31. The second kappa shape index (κ2) is 5.14. The Bertz CT molecular complexity index is 297. The van der Waals surface area contributed by atoms with Gasteiger partial charge in [0.2, 0.25) is 0 Å². The molecule has 13 heavy (non-hydrogen) atoms. The van der Waals surface area contributed by atoms with Crippen LogP contribution in [0, 0.1) is 0 Å². The summed E-state index contributed by atoms with van der Waals surface area (Å²) in [5.74, 6) is 0. The van der Waals surface area contributed by atoms with Crippen LogP contribution >= 0.6 is 0 Å². The highest BCUT2D eigenvalue weighted by Crippen LogP contribution is 2.14. The van der Waals surface area contributed by atoms with Crippen LogP contribution in [-0.4, -0.2) is 10.8 Å². The lowest BCUT2D eigenvalue weighted by atomic mass is 10.2. The molecular weight excluding hydrogens is 184 g/mol. The molecule has 1 aromatic rings. The van der Waals surface area contributed by atoms with Crippen molar-refractivity contribution in [3.05, 3.63) is 29.8 Å². The lowest BCUT2D eigenvalue weighted by Gasteiger charge is -2.05. The van der Waals surface area contributed by atoms with Crippen LogP contribution in [0.1, 0.15) is 19.4 Å². The number of aryl methyl sites for hydroxylation is 1. The maximum atomic E-state index is 11.5. The molecule has 0 heterocycles. The third kappa shape index (κ3) is 2.64. The Hall–Kier alpha value is -0.670. The van der Waals surface area contributed by atoms with Crippen LogP contribution in [0.2, 0.25) is 0 Å². The van der Waals surface area contributed by atoms with Crippen molar-refractivity contribution in [2.24, 2.45) is 0 Å². The van der Waals surface area contributed by atoms with Gasteiger partial charge in [0.05, 0.1) is 11.5 Å². The van der Waals surface area contributed by atoms with Crippen LogP contribution in [0.4, 0.5) is 0 Å². The van der Waals surface area contributed by atoms with Gasteiger partial charge in [-0.3, -0.25) is 4.18 Å². The second-order valence-corrected chi connectivity index (χ2v) is 3.75. The van der Waals surface area contributed by atoms with Gasteiger partial charge >= 0.3 is 0 Å². The molecule has 1 aromatic carbocycles. The third-order valence-corrected chi connectivity index (χ3v) is 2.97. The van der Waals surface area contributed by atoms with E-state index >= 15 is 0 Å². The smallest absolute Gasteiger partial charge is 0.189 e. The van der Waals surface area contributed by atoms with E-state index in [1.54, 1.807) is 0 Å². The third-order valence-electron chi connectivity index (χ3n) is 1.76. The summed E-state index contributed by atoms with van der Waals surface area (Å²) in [5, 5.41) is 0. The van der Waals surface area contributed by atoms with Crippen LogP contribution in [-0.2, 0) is 21.7 Å². The molecule has 0 aliphatic carbocycles. The van der Waals surface area contributed by atoms with E-state index in [4.69, 9.17) is 4.18 Å². The first kappa shape index (κ1) is 10.4. The Morgan fingerprint density at radius 1 is 1.31 bits per heavy atom. The Kier molecular flexibility index (Phi) is 4.12. The van der Waals surface area contributed by atoms with Crippen LogP contribution in [0.5, 0.6) is 0 Å². The Morgan fingerprint density at radius 3 is 2.62 bits per heavy atom. The molecule has 0 saturated heterocycles.